The van der Waals surface area contributed by atoms with E-state index in [1.54, 1.807) is 12.1 Å². The Labute approximate surface area is 158 Å². The van der Waals surface area contributed by atoms with Crippen LogP contribution >= 0.6 is 0 Å². The Bertz CT molecular complexity index is 623. The van der Waals surface area contributed by atoms with Crippen molar-refractivity contribution in [1.82, 2.24) is 0 Å². The van der Waals surface area contributed by atoms with Gasteiger partial charge in [0.2, 0.25) is 0 Å². The SMILES string of the molecule is CCCc1ccc(C2CCC(C3CCC(/C=C(/F)C#N)CC3)CC2)cc1. The minimum Gasteiger partial charge on any atom is -0.195 e. The van der Waals surface area contributed by atoms with Gasteiger partial charge in [0.1, 0.15) is 6.07 Å². The molecule has 0 N–H and O–H groups in total. The van der Waals surface area contributed by atoms with Crippen LogP contribution in [0.3, 0.4) is 0 Å². The van der Waals surface area contributed by atoms with Gasteiger partial charge in [0.15, 0.2) is 5.83 Å². The molecule has 3 rings (SSSR count). The molecule has 0 amide bonds. The first-order valence-electron chi connectivity index (χ1n) is 10.6. The van der Waals surface area contributed by atoms with E-state index in [4.69, 9.17) is 5.26 Å². The highest BCUT2D eigenvalue weighted by Crippen LogP contribution is 2.44. The maximum absolute atomic E-state index is 13.1. The van der Waals surface area contributed by atoms with E-state index in [2.05, 4.69) is 31.2 Å². The smallest absolute Gasteiger partial charge is 0.195 e. The molecule has 0 atom stereocenters. The van der Waals surface area contributed by atoms with Gasteiger partial charge in [0.25, 0.3) is 0 Å². The van der Waals surface area contributed by atoms with Crippen molar-refractivity contribution in [3.8, 4) is 6.07 Å². The zero-order chi connectivity index (χ0) is 18.4. The summed E-state index contributed by atoms with van der Waals surface area (Å²) in [5.41, 5.74) is 2.99. The average molecular weight is 354 g/mol. The number of allylic oxidation sites excluding steroid dienone is 2. The summed E-state index contributed by atoms with van der Waals surface area (Å²) in [4.78, 5) is 0. The summed E-state index contributed by atoms with van der Waals surface area (Å²) in [5.74, 6) is 2.10. The maximum atomic E-state index is 13.1. The number of nitriles is 1. The number of hydrogen-bond acceptors (Lipinski definition) is 1. The summed E-state index contributed by atoms with van der Waals surface area (Å²) >= 11 is 0. The van der Waals surface area contributed by atoms with E-state index in [1.807, 2.05) is 0 Å². The second kappa shape index (κ2) is 9.36. The standard InChI is InChI=1S/C24H32FN/c1-2-3-18-4-8-20(9-5-18)22-12-14-23(15-13-22)21-10-6-19(7-11-21)16-24(25)17-26/h4-5,8-9,16,19,21-23H,2-3,6-7,10-15H2,1H3/b24-16+. The molecule has 2 saturated carbocycles. The molecule has 1 aromatic rings. The molecule has 26 heavy (non-hydrogen) atoms. The van der Waals surface area contributed by atoms with E-state index in [0.717, 1.165) is 30.6 Å². The number of aryl methyl sites for hydroxylation is 1. The minimum absolute atomic E-state index is 0.281. The Hall–Kier alpha value is -1.62. The van der Waals surface area contributed by atoms with Crippen LogP contribution in [-0.2, 0) is 6.42 Å². The van der Waals surface area contributed by atoms with Crippen LogP contribution in [-0.4, -0.2) is 0 Å². The van der Waals surface area contributed by atoms with Crippen molar-refractivity contribution in [2.45, 2.75) is 77.0 Å². The summed E-state index contributed by atoms with van der Waals surface area (Å²) in [6, 6.07) is 11.0. The van der Waals surface area contributed by atoms with Crippen LogP contribution in [0.25, 0.3) is 0 Å². The zero-order valence-corrected chi connectivity index (χ0v) is 16.1. The lowest BCUT2D eigenvalue weighted by atomic mass is 9.68. The van der Waals surface area contributed by atoms with Crippen LogP contribution in [0.2, 0.25) is 0 Å². The molecule has 0 spiro atoms. The fraction of sp³-hybridized carbons (Fsp3) is 0.625. The highest BCUT2D eigenvalue weighted by Gasteiger charge is 2.31. The van der Waals surface area contributed by atoms with Gasteiger partial charge >= 0.3 is 0 Å². The van der Waals surface area contributed by atoms with Crippen LogP contribution < -0.4 is 0 Å². The monoisotopic (exact) mass is 353 g/mol. The third-order valence-corrected chi connectivity index (χ3v) is 6.73. The van der Waals surface area contributed by atoms with E-state index in [9.17, 15) is 4.39 Å². The predicted molar refractivity (Wildman–Crippen MR) is 105 cm³/mol. The number of benzene rings is 1. The van der Waals surface area contributed by atoms with Gasteiger partial charge in [-0.3, -0.25) is 0 Å². The second-order valence-electron chi connectivity index (χ2n) is 8.40. The summed E-state index contributed by atoms with van der Waals surface area (Å²) in [6.07, 6.45) is 13.8. The van der Waals surface area contributed by atoms with E-state index in [0.29, 0.717) is 0 Å². The molecular formula is C24H32FN. The molecule has 1 nitrogen and oxygen atoms in total. The first kappa shape index (κ1) is 19.2. The third kappa shape index (κ3) is 4.97. The highest BCUT2D eigenvalue weighted by molar-refractivity contribution is 5.26. The van der Waals surface area contributed by atoms with Crippen molar-refractivity contribution >= 4 is 0 Å². The predicted octanol–water partition coefficient (Wildman–Crippen LogP) is 7.10. The summed E-state index contributed by atoms with van der Waals surface area (Å²) < 4.78 is 13.1. The molecule has 2 fully saturated rings. The third-order valence-electron chi connectivity index (χ3n) is 6.73. The van der Waals surface area contributed by atoms with Gasteiger partial charge in [-0.1, -0.05) is 37.6 Å². The van der Waals surface area contributed by atoms with Gasteiger partial charge in [-0.25, -0.2) is 0 Å². The highest BCUT2D eigenvalue weighted by atomic mass is 19.1. The van der Waals surface area contributed by atoms with E-state index in [1.165, 1.54) is 62.5 Å². The van der Waals surface area contributed by atoms with Crippen molar-refractivity contribution in [2.24, 2.45) is 17.8 Å². The van der Waals surface area contributed by atoms with E-state index >= 15 is 0 Å². The molecule has 0 aromatic heterocycles. The average Bonchev–Trinajstić information content (AvgIpc) is 2.69. The molecule has 0 aliphatic heterocycles. The second-order valence-corrected chi connectivity index (χ2v) is 8.40. The van der Waals surface area contributed by atoms with E-state index < -0.39 is 5.83 Å². The number of rotatable bonds is 5. The number of nitrogens with zero attached hydrogens (tertiary/aromatic N) is 1. The fourth-order valence-electron chi connectivity index (χ4n) is 5.20. The van der Waals surface area contributed by atoms with Crippen LogP contribution in [0.1, 0.15) is 81.8 Å². The Morgan fingerprint density at radius 2 is 1.58 bits per heavy atom. The van der Waals surface area contributed by atoms with Gasteiger partial charge < -0.3 is 0 Å². The molecule has 2 aliphatic rings. The molecular weight excluding hydrogens is 321 g/mol. The molecule has 2 aliphatic carbocycles. The summed E-state index contributed by atoms with van der Waals surface area (Å²) in [7, 11) is 0. The lowest BCUT2D eigenvalue weighted by molar-refractivity contribution is 0.171. The Balaban J connectivity index is 1.46. The molecule has 0 radical (unpaired) electrons. The van der Waals surface area contributed by atoms with Crippen molar-refractivity contribution in [3.63, 3.8) is 0 Å². The van der Waals surface area contributed by atoms with Crippen molar-refractivity contribution in [3.05, 3.63) is 47.3 Å². The van der Waals surface area contributed by atoms with Gasteiger partial charge in [0, 0.05) is 0 Å². The maximum Gasteiger partial charge on any atom is 0.196 e. The Morgan fingerprint density at radius 1 is 1.00 bits per heavy atom. The minimum atomic E-state index is -0.598. The first-order chi connectivity index (χ1) is 12.7. The van der Waals surface area contributed by atoms with Gasteiger partial charge in [-0.2, -0.15) is 9.65 Å². The van der Waals surface area contributed by atoms with Crippen molar-refractivity contribution in [2.75, 3.05) is 0 Å². The molecule has 140 valence electrons. The van der Waals surface area contributed by atoms with Gasteiger partial charge in [-0.05, 0) is 98.7 Å². The summed E-state index contributed by atoms with van der Waals surface area (Å²) in [6.45, 7) is 2.24. The van der Waals surface area contributed by atoms with Crippen LogP contribution in [0, 0.1) is 29.1 Å². The molecule has 0 bridgehead atoms. The zero-order valence-electron chi connectivity index (χ0n) is 16.1. The van der Waals surface area contributed by atoms with Crippen LogP contribution in [0.4, 0.5) is 4.39 Å². The summed E-state index contributed by atoms with van der Waals surface area (Å²) in [5, 5.41) is 8.59. The lowest BCUT2D eigenvalue weighted by Gasteiger charge is -2.37. The van der Waals surface area contributed by atoms with Gasteiger partial charge in [-0.15, -0.1) is 0 Å². The number of halogens is 1. The largest absolute Gasteiger partial charge is 0.196 e. The lowest BCUT2D eigenvalue weighted by Crippen LogP contribution is -2.25. The fourth-order valence-corrected chi connectivity index (χ4v) is 5.20. The molecule has 0 unspecified atom stereocenters. The van der Waals surface area contributed by atoms with E-state index in [-0.39, 0.29) is 5.92 Å². The molecule has 2 heteroatoms. The quantitative estimate of drug-likeness (QED) is 0.518. The van der Waals surface area contributed by atoms with Gasteiger partial charge in [0.05, 0.1) is 0 Å². The van der Waals surface area contributed by atoms with Crippen molar-refractivity contribution < 1.29 is 4.39 Å². The molecule has 0 heterocycles. The van der Waals surface area contributed by atoms with Crippen LogP contribution in [0.15, 0.2) is 36.2 Å². The molecule has 0 saturated heterocycles. The number of hydrogen-bond donors (Lipinski definition) is 0. The first-order valence-corrected chi connectivity index (χ1v) is 10.6. The Kier molecular flexibility index (Phi) is 6.89. The Morgan fingerprint density at radius 3 is 2.12 bits per heavy atom. The van der Waals surface area contributed by atoms with Crippen LogP contribution in [0.5, 0.6) is 0 Å². The van der Waals surface area contributed by atoms with Crippen molar-refractivity contribution in [1.29, 1.82) is 5.26 Å². The topological polar surface area (TPSA) is 23.8 Å². The molecule has 1 aromatic carbocycles. The normalized spacial score (nSPS) is 30.0.